The van der Waals surface area contributed by atoms with Crippen molar-refractivity contribution < 1.29 is 0 Å². The number of guanidine groups is 1. The zero-order valence-electron chi connectivity index (χ0n) is 5.91. The summed E-state index contributed by atoms with van der Waals surface area (Å²) >= 11 is 0. The van der Waals surface area contributed by atoms with Gasteiger partial charge in [-0.2, -0.15) is 0 Å². The Morgan fingerprint density at radius 2 is 2.64 bits per heavy atom. The Bertz CT molecular complexity index is 225. The Morgan fingerprint density at radius 3 is 3.18 bits per heavy atom. The van der Waals surface area contributed by atoms with E-state index in [0.29, 0.717) is 6.54 Å². The lowest BCUT2D eigenvalue weighted by Crippen LogP contribution is -2.37. The Labute approximate surface area is 63.7 Å². The van der Waals surface area contributed by atoms with Crippen molar-refractivity contribution in [3.05, 3.63) is 18.2 Å². The van der Waals surface area contributed by atoms with Crippen LogP contribution in [0.15, 0.2) is 17.4 Å². The van der Waals surface area contributed by atoms with Crippen molar-refractivity contribution in [2.24, 2.45) is 16.6 Å². The number of rotatable bonds is 2. The number of hydrazine groups is 1. The van der Waals surface area contributed by atoms with Crippen LogP contribution in [-0.2, 0) is 6.54 Å². The van der Waals surface area contributed by atoms with Crippen LogP contribution in [0.2, 0.25) is 0 Å². The third-order valence-corrected chi connectivity index (χ3v) is 1.10. The fraction of sp³-hybridized carbons (Fsp3) is 0.200. The van der Waals surface area contributed by atoms with Crippen molar-refractivity contribution in [2.45, 2.75) is 6.54 Å². The first kappa shape index (κ1) is 7.55. The van der Waals surface area contributed by atoms with E-state index in [2.05, 4.69) is 20.4 Å². The predicted molar refractivity (Wildman–Crippen MR) is 41.2 cm³/mol. The molecule has 0 aromatic carbocycles. The number of aliphatic imine (C=N–C) groups is 1. The zero-order valence-corrected chi connectivity index (χ0v) is 5.91. The Balaban J connectivity index is 2.45. The number of H-pyrrole nitrogens is 1. The number of nitrogens with one attached hydrogen (secondary N) is 2. The highest BCUT2D eigenvalue weighted by Gasteiger charge is 1.91. The van der Waals surface area contributed by atoms with Crippen molar-refractivity contribution in [3.8, 4) is 0 Å². The van der Waals surface area contributed by atoms with Gasteiger partial charge in [-0.15, -0.1) is 0 Å². The van der Waals surface area contributed by atoms with Crippen LogP contribution in [-0.4, -0.2) is 15.9 Å². The molecule has 1 heterocycles. The number of hydrogen-bond acceptors (Lipinski definition) is 3. The maximum absolute atomic E-state index is 5.26. The van der Waals surface area contributed by atoms with E-state index in [1.54, 1.807) is 12.4 Å². The first-order valence-corrected chi connectivity index (χ1v) is 3.07. The van der Waals surface area contributed by atoms with Crippen LogP contribution in [0, 0.1) is 0 Å². The van der Waals surface area contributed by atoms with Crippen LogP contribution in [0.4, 0.5) is 0 Å². The first-order chi connectivity index (χ1) is 5.33. The summed E-state index contributed by atoms with van der Waals surface area (Å²) in [6.45, 7) is 0.406. The van der Waals surface area contributed by atoms with Crippen molar-refractivity contribution in [3.63, 3.8) is 0 Å². The molecule has 0 saturated heterocycles. The summed E-state index contributed by atoms with van der Waals surface area (Å²) < 4.78 is 0. The van der Waals surface area contributed by atoms with Gasteiger partial charge in [0.05, 0.1) is 0 Å². The van der Waals surface area contributed by atoms with Crippen LogP contribution >= 0.6 is 0 Å². The molecule has 0 spiro atoms. The molecule has 0 unspecified atom stereocenters. The highest BCUT2D eigenvalue weighted by molar-refractivity contribution is 5.76. The van der Waals surface area contributed by atoms with Gasteiger partial charge in [0, 0.05) is 12.4 Å². The number of aromatic amines is 1. The van der Waals surface area contributed by atoms with Crippen LogP contribution < -0.4 is 17.0 Å². The first-order valence-electron chi connectivity index (χ1n) is 3.07. The molecule has 0 radical (unpaired) electrons. The molecular formula is C5H10N6. The third kappa shape index (κ3) is 2.26. The quantitative estimate of drug-likeness (QED) is 0.184. The average Bonchev–Trinajstić information content (AvgIpc) is 2.52. The summed E-state index contributed by atoms with van der Waals surface area (Å²) in [6, 6.07) is 0. The van der Waals surface area contributed by atoms with Gasteiger partial charge in [0.25, 0.3) is 0 Å². The minimum Gasteiger partial charge on any atom is -0.369 e. The van der Waals surface area contributed by atoms with E-state index in [9.17, 15) is 0 Å². The predicted octanol–water partition coefficient (Wildman–Crippen LogP) is -1.31. The number of imidazole rings is 1. The maximum atomic E-state index is 5.26. The topological polar surface area (TPSA) is 105 Å². The number of hydrogen-bond donors (Lipinski definition) is 4. The molecule has 6 N–H and O–H groups in total. The van der Waals surface area contributed by atoms with Crippen LogP contribution in [0.5, 0.6) is 0 Å². The van der Waals surface area contributed by atoms with Gasteiger partial charge in [0.1, 0.15) is 12.4 Å². The summed E-state index contributed by atoms with van der Waals surface area (Å²) in [7, 11) is 0. The Kier molecular flexibility index (Phi) is 2.45. The number of nitrogens with zero attached hydrogens (tertiary/aromatic N) is 2. The lowest BCUT2D eigenvalue weighted by Gasteiger charge is -1.95. The van der Waals surface area contributed by atoms with Gasteiger partial charge in [-0.25, -0.2) is 15.8 Å². The molecule has 0 bridgehead atoms. The van der Waals surface area contributed by atoms with Crippen molar-refractivity contribution in [2.75, 3.05) is 0 Å². The molecule has 6 nitrogen and oxygen atoms in total. The van der Waals surface area contributed by atoms with Gasteiger partial charge < -0.3 is 10.7 Å². The Hall–Kier alpha value is -1.56. The normalized spacial score (nSPS) is 11.5. The molecule has 0 aliphatic carbocycles. The van der Waals surface area contributed by atoms with E-state index in [-0.39, 0.29) is 5.96 Å². The van der Waals surface area contributed by atoms with Gasteiger partial charge in [0.15, 0.2) is 0 Å². The SMILES string of the molecule is NNC(N)=NCc1ncc[nH]1. The van der Waals surface area contributed by atoms with E-state index in [1.165, 1.54) is 0 Å². The monoisotopic (exact) mass is 154 g/mol. The van der Waals surface area contributed by atoms with Crippen LogP contribution in [0.1, 0.15) is 5.82 Å². The van der Waals surface area contributed by atoms with Gasteiger partial charge in [-0.05, 0) is 0 Å². The zero-order chi connectivity index (χ0) is 8.10. The van der Waals surface area contributed by atoms with Crippen LogP contribution in [0.25, 0.3) is 0 Å². The second kappa shape index (κ2) is 3.57. The fourth-order valence-electron chi connectivity index (χ4n) is 0.590. The summed E-state index contributed by atoms with van der Waals surface area (Å²) in [5.74, 6) is 5.92. The highest BCUT2D eigenvalue weighted by Crippen LogP contribution is 1.89. The minimum absolute atomic E-state index is 0.196. The molecule has 60 valence electrons. The van der Waals surface area contributed by atoms with Gasteiger partial charge in [-0.1, -0.05) is 0 Å². The Morgan fingerprint density at radius 1 is 1.82 bits per heavy atom. The molecule has 0 amide bonds. The molecule has 0 saturated carbocycles. The van der Waals surface area contributed by atoms with Crippen molar-refractivity contribution in [1.82, 2.24) is 15.4 Å². The highest BCUT2D eigenvalue weighted by atomic mass is 15.3. The van der Waals surface area contributed by atoms with Crippen molar-refractivity contribution >= 4 is 5.96 Å². The standard InChI is InChI=1S/C5H10N6/c6-5(11-7)10-3-4-8-1-2-9-4/h1-2H,3,7H2,(H,8,9)(H3,6,10,11). The van der Waals surface area contributed by atoms with Gasteiger partial charge >= 0.3 is 0 Å². The second-order valence-corrected chi connectivity index (χ2v) is 1.88. The summed E-state index contributed by atoms with van der Waals surface area (Å²) in [6.07, 6.45) is 3.37. The molecule has 11 heavy (non-hydrogen) atoms. The number of aromatic nitrogens is 2. The van der Waals surface area contributed by atoms with E-state index >= 15 is 0 Å². The molecular weight excluding hydrogens is 144 g/mol. The third-order valence-electron chi connectivity index (χ3n) is 1.10. The van der Waals surface area contributed by atoms with E-state index in [4.69, 9.17) is 11.6 Å². The van der Waals surface area contributed by atoms with E-state index in [1.807, 2.05) is 0 Å². The molecule has 1 rings (SSSR count). The largest absolute Gasteiger partial charge is 0.369 e. The summed E-state index contributed by atoms with van der Waals surface area (Å²) in [4.78, 5) is 10.7. The van der Waals surface area contributed by atoms with Crippen LogP contribution in [0.3, 0.4) is 0 Å². The molecule has 0 aliphatic rings. The molecule has 1 aromatic rings. The molecule has 0 atom stereocenters. The fourth-order valence-corrected chi connectivity index (χ4v) is 0.590. The van der Waals surface area contributed by atoms with Crippen molar-refractivity contribution in [1.29, 1.82) is 0 Å². The summed E-state index contributed by atoms with van der Waals surface area (Å²) in [5.41, 5.74) is 7.48. The van der Waals surface area contributed by atoms with Gasteiger partial charge in [-0.3, -0.25) is 5.43 Å². The molecule has 1 aromatic heterocycles. The lowest BCUT2D eigenvalue weighted by atomic mass is 10.6. The maximum Gasteiger partial charge on any atom is 0.203 e. The summed E-state index contributed by atoms with van der Waals surface area (Å²) in [5, 5.41) is 0. The minimum atomic E-state index is 0.196. The smallest absolute Gasteiger partial charge is 0.203 e. The lowest BCUT2D eigenvalue weighted by molar-refractivity contribution is 0.910. The molecule has 6 heteroatoms. The molecule has 0 fully saturated rings. The second-order valence-electron chi connectivity index (χ2n) is 1.88. The average molecular weight is 154 g/mol. The number of nitrogens with two attached hydrogens (primary N) is 2. The van der Waals surface area contributed by atoms with E-state index < -0.39 is 0 Å². The van der Waals surface area contributed by atoms with E-state index in [0.717, 1.165) is 5.82 Å². The van der Waals surface area contributed by atoms with Gasteiger partial charge in [0.2, 0.25) is 5.96 Å². The molecule has 0 aliphatic heterocycles.